The van der Waals surface area contributed by atoms with Gasteiger partial charge in [-0.1, -0.05) is 15.9 Å². The van der Waals surface area contributed by atoms with Crippen LogP contribution in [0.2, 0.25) is 0 Å². The molecule has 1 heterocycles. The highest BCUT2D eigenvalue weighted by Crippen LogP contribution is 2.43. The second-order valence-electron chi connectivity index (χ2n) is 7.00. The van der Waals surface area contributed by atoms with Crippen LogP contribution in [0.4, 0.5) is 0 Å². The molecule has 1 amide bonds. The van der Waals surface area contributed by atoms with Crippen molar-refractivity contribution in [3.05, 3.63) is 60.9 Å². The minimum Gasteiger partial charge on any atom is -0.483 e. The lowest BCUT2D eigenvalue weighted by molar-refractivity contribution is -0.757. The average molecular weight is 542 g/mol. The molecular formula is C21H24BrN3O9. The van der Waals surface area contributed by atoms with Crippen molar-refractivity contribution < 1.29 is 38.5 Å². The standard InChI is InChI=1S/C21H24BrN3O9/c1-11-17(20(27)31-3)19(18(12(2)24-11)21(28)32-4)14-9-13(22)5-6-15(14)33-10-16(26)23-7-8-34-25(29)30/h5-6,9,19,24H,7-8,10H2,1-4H3,(H,23,26). The Hall–Kier alpha value is -3.61. The third kappa shape index (κ3) is 6.47. The Morgan fingerprint density at radius 3 is 2.24 bits per heavy atom. The summed E-state index contributed by atoms with van der Waals surface area (Å²) in [5, 5.41) is 14.7. The van der Waals surface area contributed by atoms with Crippen molar-refractivity contribution in [3.63, 3.8) is 0 Å². The second-order valence-corrected chi connectivity index (χ2v) is 7.91. The number of nitrogens with zero attached hydrogens (tertiary/aromatic N) is 1. The third-order valence-corrected chi connectivity index (χ3v) is 5.33. The second kappa shape index (κ2) is 12.0. The zero-order chi connectivity index (χ0) is 25.4. The number of halogens is 1. The molecule has 0 saturated heterocycles. The zero-order valence-electron chi connectivity index (χ0n) is 18.9. The first-order chi connectivity index (χ1) is 16.1. The molecule has 1 aliphatic rings. The first-order valence-electron chi connectivity index (χ1n) is 9.92. The molecule has 0 spiro atoms. The quantitative estimate of drug-likeness (QED) is 0.193. The highest BCUT2D eigenvalue weighted by molar-refractivity contribution is 9.10. The van der Waals surface area contributed by atoms with Crippen LogP contribution in [0.15, 0.2) is 45.2 Å². The van der Waals surface area contributed by atoms with E-state index in [1.54, 1.807) is 32.0 Å². The molecule has 0 aliphatic carbocycles. The van der Waals surface area contributed by atoms with Gasteiger partial charge >= 0.3 is 11.9 Å². The fraction of sp³-hybridized carbons (Fsp3) is 0.381. The molecule has 0 unspecified atom stereocenters. The molecule has 1 aromatic carbocycles. The van der Waals surface area contributed by atoms with E-state index in [0.29, 0.717) is 21.4 Å². The van der Waals surface area contributed by atoms with Gasteiger partial charge in [-0.3, -0.25) is 4.79 Å². The van der Waals surface area contributed by atoms with Crippen LogP contribution in [0.5, 0.6) is 5.75 Å². The van der Waals surface area contributed by atoms with Crippen LogP contribution < -0.4 is 15.4 Å². The first-order valence-corrected chi connectivity index (χ1v) is 10.7. The summed E-state index contributed by atoms with van der Waals surface area (Å²) in [6, 6.07) is 4.92. The van der Waals surface area contributed by atoms with Gasteiger partial charge in [0.2, 0.25) is 0 Å². The van der Waals surface area contributed by atoms with Crippen LogP contribution in [0, 0.1) is 10.1 Å². The number of ether oxygens (including phenoxy) is 3. The van der Waals surface area contributed by atoms with Crippen LogP contribution in [0.3, 0.4) is 0 Å². The summed E-state index contributed by atoms with van der Waals surface area (Å²) in [6.07, 6.45) is 0. The number of carbonyl (C=O) groups excluding carboxylic acids is 3. The van der Waals surface area contributed by atoms with Gasteiger partial charge in [-0.15, -0.1) is 10.1 Å². The monoisotopic (exact) mass is 541 g/mol. The molecule has 13 heteroatoms. The van der Waals surface area contributed by atoms with E-state index >= 15 is 0 Å². The molecular weight excluding hydrogens is 518 g/mol. The maximum Gasteiger partial charge on any atom is 0.336 e. The van der Waals surface area contributed by atoms with Crippen LogP contribution >= 0.6 is 15.9 Å². The number of dihydropyridines is 1. The van der Waals surface area contributed by atoms with Gasteiger partial charge in [0.1, 0.15) is 12.4 Å². The number of allylic oxidation sites excluding steroid dienone is 2. The van der Waals surface area contributed by atoms with E-state index in [4.69, 9.17) is 14.2 Å². The minimum atomic E-state index is -0.960. The van der Waals surface area contributed by atoms with Crippen molar-refractivity contribution in [2.24, 2.45) is 0 Å². The van der Waals surface area contributed by atoms with Gasteiger partial charge in [-0.2, -0.15) is 0 Å². The Bertz CT molecular complexity index is 1010. The number of hydrogen-bond acceptors (Lipinski definition) is 10. The van der Waals surface area contributed by atoms with Gasteiger partial charge in [-0.05, 0) is 32.0 Å². The van der Waals surface area contributed by atoms with E-state index in [2.05, 4.69) is 31.4 Å². The fourth-order valence-corrected chi connectivity index (χ4v) is 3.83. The number of amides is 1. The molecule has 0 aromatic heterocycles. The van der Waals surface area contributed by atoms with E-state index in [1.807, 2.05) is 0 Å². The largest absolute Gasteiger partial charge is 0.483 e. The maximum atomic E-state index is 12.7. The Balaban J connectivity index is 2.42. The van der Waals surface area contributed by atoms with E-state index in [9.17, 15) is 24.5 Å². The average Bonchev–Trinajstić information content (AvgIpc) is 2.79. The first kappa shape index (κ1) is 26.6. The van der Waals surface area contributed by atoms with E-state index in [-0.39, 0.29) is 30.0 Å². The molecule has 2 rings (SSSR count). The summed E-state index contributed by atoms with van der Waals surface area (Å²) in [4.78, 5) is 51.8. The molecule has 0 radical (unpaired) electrons. The van der Waals surface area contributed by atoms with E-state index in [0.717, 1.165) is 0 Å². The molecule has 0 atom stereocenters. The number of nitrogens with one attached hydrogen (secondary N) is 2. The summed E-state index contributed by atoms with van der Waals surface area (Å²) >= 11 is 3.39. The fourth-order valence-electron chi connectivity index (χ4n) is 3.45. The lowest BCUT2D eigenvalue weighted by Crippen LogP contribution is -2.33. The van der Waals surface area contributed by atoms with Crippen LogP contribution in [0.1, 0.15) is 25.3 Å². The van der Waals surface area contributed by atoms with E-state index < -0.39 is 35.5 Å². The molecule has 1 aromatic rings. The number of esters is 2. The van der Waals surface area contributed by atoms with Gasteiger partial charge in [0.25, 0.3) is 11.0 Å². The van der Waals surface area contributed by atoms with Gasteiger partial charge in [-0.25, -0.2) is 9.59 Å². The summed E-state index contributed by atoms with van der Waals surface area (Å²) in [5.41, 5.74) is 1.74. The third-order valence-electron chi connectivity index (χ3n) is 4.83. The Kier molecular flexibility index (Phi) is 9.42. The minimum absolute atomic E-state index is 0.0898. The van der Waals surface area contributed by atoms with Gasteiger partial charge in [0, 0.05) is 28.0 Å². The Labute approximate surface area is 203 Å². The zero-order valence-corrected chi connectivity index (χ0v) is 20.5. The number of carbonyl (C=O) groups is 3. The van der Waals surface area contributed by atoms with Gasteiger partial charge < -0.3 is 29.7 Å². The van der Waals surface area contributed by atoms with Crippen molar-refractivity contribution in [3.8, 4) is 5.75 Å². The molecule has 12 nitrogen and oxygen atoms in total. The SMILES string of the molecule is COC(=O)C1=C(C)NC(C)=C(C(=O)OC)C1c1cc(Br)ccc1OCC(=O)NCCO[N+](=O)[O-]. The molecule has 34 heavy (non-hydrogen) atoms. The van der Waals surface area contributed by atoms with Gasteiger partial charge in [0.05, 0.1) is 31.3 Å². The highest BCUT2D eigenvalue weighted by atomic mass is 79.9. The molecule has 2 N–H and O–H groups in total. The number of rotatable bonds is 10. The van der Waals surface area contributed by atoms with Crippen LogP contribution in [0.25, 0.3) is 0 Å². The van der Waals surface area contributed by atoms with Crippen LogP contribution in [-0.4, -0.2) is 56.9 Å². The normalized spacial score (nSPS) is 13.7. The highest BCUT2D eigenvalue weighted by Gasteiger charge is 2.39. The molecule has 1 aliphatic heterocycles. The number of methoxy groups -OCH3 is 2. The molecule has 0 fully saturated rings. The van der Waals surface area contributed by atoms with Crippen LogP contribution in [-0.2, 0) is 28.7 Å². The molecule has 0 saturated carbocycles. The lowest BCUT2D eigenvalue weighted by Gasteiger charge is -2.31. The summed E-state index contributed by atoms with van der Waals surface area (Å²) in [7, 11) is 2.46. The smallest absolute Gasteiger partial charge is 0.336 e. The topological polar surface area (TPSA) is 155 Å². The van der Waals surface area contributed by atoms with Gasteiger partial charge in [0.15, 0.2) is 6.61 Å². The number of benzene rings is 1. The number of hydrogen-bond donors (Lipinski definition) is 2. The predicted octanol–water partition coefficient (Wildman–Crippen LogP) is 1.73. The summed E-state index contributed by atoms with van der Waals surface area (Å²) in [6.45, 7) is 2.53. The predicted molar refractivity (Wildman–Crippen MR) is 121 cm³/mol. The summed E-state index contributed by atoms with van der Waals surface area (Å²) in [5.74, 6) is -2.54. The molecule has 0 bridgehead atoms. The van der Waals surface area contributed by atoms with E-state index in [1.165, 1.54) is 14.2 Å². The Morgan fingerprint density at radius 1 is 1.12 bits per heavy atom. The van der Waals surface area contributed by atoms with Crippen molar-refractivity contribution in [1.29, 1.82) is 0 Å². The van der Waals surface area contributed by atoms with Crippen molar-refractivity contribution in [2.45, 2.75) is 19.8 Å². The van der Waals surface area contributed by atoms with Crippen molar-refractivity contribution in [1.82, 2.24) is 10.6 Å². The lowest BCUT2D eigenvalue weighted by atomic mass is 9.80. The van der Waals surface area contributed by atoms with Crippen molar-refractivity contribution in [2.75, 3.05) is 34.0 Å². The van der Waals surface area contributed by atoms with Crippen molar-refractivity contribution >= 4 is 33.8 Å². The maximum absolute atomic E-state index is 12.7. The molecule has 184 valence electrons. The Morgan fingerprint density at radius 2 is 1.71 bits per heavy atom. The summed E-state index contributed by atoms with van der Waals surface area (Å²) < 4.78 is 16.3.